The molecule has 2 heterocycles. The minimum atomic E-state index is -5.29. The van der Waals surface area contributed by atoms with Gasteiger partial charge in [-0.15, -0.1) is 0 Å². The monoisotopic (exact) mass is 1230 g/mol. The highest BCUT2D eigenvalue weighted by Gasteiger charge is 2.41. The minimum Gasteiger partial charge on any atom is -0.309 e. The van der Waals surface area contributed by atoms with Crippen molar-refractivity contribution >= 4 is 43.6 Å². The first-order chi connectivity index (χ1) is 45.4. The van der Waals surface area contributed by atoms with Crippen molar-refractivity contribution in [2.24, 2.45) is 0 Å². The van der Waals surface area contributed by atoms with E-state index >= 15 is 26.3 Å². The van der Waals surface area contributed by atoms with Crippen LogP contribution in [0.25, 0.3) is 122 Å². The summed E-state index contributed by atoms with van der Waals surface area (Å²) >= 11 is 0. The average molecular weight is 1230 g/mol. The number of nitriles is 9. The molecule has 0 fully saturated rings. The van der Waals surface area contributed by atoms with Gasteiger partial charge in [0.25, 0.3) is 0 Å². The zero-order valence-corrected chi connectivity index (χ0v) is 48.2. The van der Waals surface area contributed by atoms with Crippen molar-refractivity contribution in [2.75, 3.05) is 0 Å². The number of halogens is 6. The zero-order valence-electron chi connectivity index (χ0n) is 48.2. The Hall–Kier alpha value is -14.0. The first kappa shape index (κ1) is 59.0. The van der Waals surface area contributed by atoms with Crippen molar-refractivity contribution in [2.45, 2.75) is 12.4 Å². The minimum absolute atomic E-state index is 0.0623. The van der Waals surface area contributed by atoms with Crippen molar-refractivity contribution in [3.05, 3.63) is 261 Å². The highest BCUT2D eigenvalue weighted by molar-refractivity contribution is 6.14. The summed E-state index contributed by atoms with van der Waals surface area (Å²) < 4.78 is 95.8. The SMILES string of the molecule is N#Cc1cc(C#N)cc(-c2ccc3c(c2)c2cc(-c4cc(C#N)cc(C#N)c4)ccc2n3-c2cc(C#N)ccc2-c2ccc(-c3c(C(F)(F)F)cccc3C(F)(F)F)cc2-n2c3ccc(-c4cc(C#N)cc(C#N)c4)cc3c3cc(-c4cc(C#N)cc(C#N)c4)ccc32)c1. The molecule has 94 heavy (non-hydrogen) atoms. The maximum Gasteiger partial charge on any atom is 0.417 e. The third-order valence-corrected chi connectivity index (χ3v) is 16.5. The van der Waals surface area contributed by atoms with Crippen LogP contribution in [0.2, 0.25) is 0 Å². The Morgan fingerprint density at radius 2 is 0.511 bits per heavy atom. The molecule has 0 saturated carbocycles. The Labute approximate surface area is 530 Å². The van der Waals surface area contributed by atoms with Gasteiger partial charge in [-0.2, -0.15) is 73.7 Å². The Kier molecular flexibility index (Phi) is 14.4. The summed E-state index contributed by atoms with van der Waals surface area (Å²) in [6.07, 6.45) is -10.6. The number of alkyl halides is 6. The van der Waals surface area contributed by atoms with E-state index in [1.165, 1.54) is 48.5 Å². The molecule has 0 unspecified atom stereocenters. The Balaban J connectivity index is 1.16. The van der Waals surface area contributed by atoms with Gasteiger partial charge < -0.3 is 9.13 Å². The van der Waals surface area contributed by atoms with Crippen LogP contribution in [0, 0.1) is 102 Å². The van der Waals surface area contributed by atoms with Gasteiger partial charge in [-0.3, -0.25) is 0 Å². The van der Waals surface area contributed by atoms with E-state index in [9.17, 15) is 47.4 Å². The highest BCUT2D eigenvalue weighted by Crippen LogP contribution is 2.49. The lowest BCUT2D eigenvalue weighted by molar-refractivity contribution is -0.142. The fourth-order valence-electron chi connectivity index (χ4n) is 12.4. The van der Waals surface area contributed by atoms with Gasteiger partial charge in [-0.1, -0.05) is 48.5 Å². The van der Waals surface area contributed by atoms with Gasteiger partial charge in [-0.25, -0.2) is 0 Å². The van der Waals surface area contributed by atoms with Crippen LogP contribution in [0.3, 0.4) is 0 Å². The van der Waals surface area contributed by atoms with Gasteiger partial charge in [-0.05, 0) is 202 Å². The molecule has 13 rings (SSSR count). The van der Waals surface area contributed by atoms with Crippen LogP contribution in [-0.4, -0.2) is 9.13 Å². The molecule has 0 aliphatic rings. The Morgan fingerprint density at radius 1 is 0.245 bits per heavy atom. The fourth-order valence-corrected chi connectivity index (χ4v) is 12.4. The van der Waals surface area contributed by atoms with Gasteiger partial charge in [0, 0.05) is 38.2 Å². The Morgan fingerprint density at radius 3 is 0.787 bits per heavy atom. The van der Waals surface area contributed by atoms with E-state index in [2.05, 4.69) is 54.6 Å². The zero-order chi connectivity index (χ0) is 65.9. The van der Waals surface area contributed by atoms with Crippen LogP contribution in [0.15, 0.2) is 200 Å². The maximum absolute atomic E-state index is 15.4. The number of nitrogens with zero attached hydrogens (tertiary/aromatic N) is 11. The van der Waals surface area contributed by atoms with Gasteiger partial charge in [0.15, 0.2) is 0 Å². The third kappa shape index (κ3) is 10.3. The molecular formula is C77H33F6N11. The highest BCUT2D eigenvalue weighted by atomic mass is 19.4. The van der Waals surface area contributed by atoms with Crippen LogP contribution in [0.1, 0.15) is 61.2 Å². The summed E-state index contributed by atoms with van der Waals surface area (Å²) in [4.78, 5) is 0. The molecule has 0 bridgehead atoms. The van der Waals surface area contributed by atoms with Crippen molar-refractivity contribution in [1.29, 1.82) is 47.4 Å². The van der Waals surface area contributed by atoms with Crippen molar-refractivity contribution in [3.63, 3.8) is 0 Å². The lowest BCUT2D eigenvalue weighted by Gasteiger charge is -2.22. The van der Waals surface area contributed by atoms with Gasteiger partial charge >= 0.3 is 12.4 Å². The van der Waals surface area contributed by atoms with E-state index in [-0.39, 0.29) is 61.3 Å². The molecule has 438 valence electrons. The summed E-state index contributed by atoms with van der Waals surface area (Å²) in [7, 11) is 0. The summed E-state index contributed by atoms with van der Waals surface area (Å²) in [5.41, 5.74) is 4.05. The fraction of sp³-hybridized carbons (Fsp3) is 0.0260. The quantitative estimate of drug-likeness (QED) is 0.132. The van der Waals surface area contributed by atoms with E-state index in [4.69, 9.17) is 0 Å². The van der Waals surface area contributed by atoms with E-state index < -0.39 is 34.6 Å². The molecule has 13 aromatic rings. The third-order valence-electron chi connectivity index (χ3n) is 16.5. The molecule has 2 aromatic heterocycles. The van der Waals surface area contributed by atoms with Crippen LogP contribution in [0.4, 0.5) is 26.3 Å². The number of rotatable bonds is 8. The van der Waals surface area contributed by atoms with E-state index in [0.717, 1.165) is 0 Å². The second kappa shape index (κ2) is 22.9. The van der Waals surface area contributed by atoms with Gasteiger partial charge in [0.05, 0.1) is 149 Å². The first-order valence-electron chi connectivity index (χ1n) is 28.3. The molecule has 0 aliphatic carbocycles. The molecule has 11 nitrogen and oxygen atoms in total. The maximum atomic E-state index is 15.4. The van der Waals surface area contributed by atoms with Crippen molar-refractivity contribution in [1.82, 2.24) is 9.13 Å². The molecule has 0 amide bonds. The molecule has 17 heteroatoms. The number of aromatic nitrogens is 2. The predicted octanol–water partition coefficient (Wildman–Crippen LogP) is 18.8. The summed E-state index contributed by atoms with van der Waals surface area (Å²) in [6.45, 7) is 0. The van der Waals surface area contributed by atoms with E-state index in [0.29, 0.717) is 118 Å². The molecule has 0 radical (unpaired) electrons. The second-order valence-corrected chi connectivity index (χ2v) is 22.0. The summed E-state index contributed by atoms with van der Waals surface area (Å²) in [5, 5.41) is 93.1. The second-order valence-electron chi connectivity index (χ2n) is 22.0. The normalized spacial score (nSPS) is 11.2. The molecule has 11 aromatic carbocycles. The molecule has 0 N–H and O–H groups in total. The number of hydrogen-bond acceptors (Lipinski definition) is 9. The van der Waals surface area contributed by atoms with Gasteiger partial charge in [0.2, 0.25) is 0 Å². The first-order valence-corrected chi connectivity index (χ1v) is 28.3. The topological polar surface area (TPSA) is 224 Å². The number of fused-ring (bicyclic) bond motifs is 6. The largest absolute Gasteiger partial charge is 0.417 e. The predicted molar refractivity (Wildman–Crippen MR) is 340 cm³/mol. The molecule has 0 spiro atoms. The van der Waals surface area contributed by atoms with Crippen LogP contribution in [-0.2, 0) is 12.4 Å². The summed E-state index contributed by atoms with van der Waals surface area (Å²) in [6, 6.07) is 69.6. The lowest BCUT2D eigenvalue weighted by Crippen LogP contribution is -2.14. The molecule has 0 aliphatic heterocycles. The van der Waals surface area contributed by atoms with Crippen molar-refractivity contribution < 1.29 is 26.3 Å². The lowest BCUT2D eigenvalue weighted by atomic mass is 9.90. The Bertz CT molecular complexity index is 5490. The number of benzene rings is 11. The van der Waals surface area contributed by atoms with Gasteiger partial charge in [0.1, 0.15) is 0 Å². The van der Waals surface area contributed by atoms with Crippen LogP contribution >= 0.6 is 0 Å². The molecule has 0 saturated heterocycles. The van der Waals surface area contributed by atoms with E-state index in [1.807, 2.05) is 16.7 Å². The van der Waals surface area contributed by atoms with Crippen LogP contribution < -0.4 is 0 Å². The molecule has 0 atom stereocenters. The van der Waals surface area contributed by atoms with Crippen LogP contribution in [0.5, 0.6) is 0 Å². The average Bonchev–Trinajstić information content (AvgIpc) is 1.54. The van der Waals surface area contributed by atoms with Crippen molar-refractivity contribution in [3.8, 4) is 133 Å². The smallest absolute Gasteiger partial charge is 0.309 e. The van der Waals surface area contributed by atoms with E-state index in [1.54, 1.807) is 126 Å². The standard InChI is InChI=1S/C77H33F6N11/c78-76(79,80)67-2-1-3-68(77(81,82)83)75(67)56-5-11-62(74(33-56)94-71-14-8-54(59-24-48(39-89)18-49(25-59)40-90)31-65(71)66-32-55(9-15-72(66)94)60-26-50(41-91)19-51(27-60)42-92)61-10-4-43(34-84)28-73(61)93-69-12-6-52(57-20-44(35-85)16-45(21-57)36-86)29-63(69)64-30-53(7-13-70(64)93)58-22-46(37-87)17-47(23-58)38-88/h1-33H. The summed E-state index contributed by atoms with van der Waals surface area (Å²) in [5.74, 6) is 0. The molecular weight excluding hydrogens is 1190 g/mol. The number of hydrogen-bond donors (Lipinski definition) is 0.